The Bertz CT molecular complexity index is 1330. The number of anilines is 2. The predicted molar refractivity (Wildman–Crippen MR) is 137 cm³/mol. The molecule has 0 radical (unpaired) electrons. The summed E-state index contributed by atoms with van der Waals surface area (Å²) in [5, 5.41) is 7.14. The number of sulfonamides is 1. The molecule has 4 aromatic carbocycles. The van der Waals surface area contributed by atoms with Gasteiger partial charge in [0, 0.05) is 5.92 Å². The van der Waals surface area contributed by atoms with Crippen molar-refractivity contribution in [1.29, 1.82) is 0 Å². The molecule has 1 aliphatic rings. The van der Waals surface area contributed by atoms with Crippen molar-refractivity contribution in [2.24, 2.45) is 0 Å². The summed E-state index contributed by atoms with van der Waals surface area (Å²) in [4.78, 5) is 0.251. The van der Waals surface area contributed by atoms with Crippen LogP contribution in [-0.2, 0) is 10.0 Å². The first-order valence-electron chi connectivity index (χ1n) is 11.3. The zero-order chi connectivity index (χ0) is 23.5. The quantitative estimate of drug-likeness (QED) is 0.327. The molecule has 0 aromatic heterocycles. The molecule has 6 heteroatoms. The van der Waals surface area contributed by atoms with Crippen molar-refractivity contribution in [3.05, 3.63) is 126 Å². The van der Waals surface area contributed by atoms with Crippen molar-refractivity contribution in [3.63, 3.8) is 0 Å². The van der Waals surface area contributed by atoms with Gasteiger partial charge in [0.2, 0.25) is 10.0 Å². The molecule has 0 fully saturated rings. The van der Waals surface area contributed by atoms with Gasteiger partial charge in [-0.15, -0.1) is 0 Å². The molecule has 0 saturated heterocycles. The summed E-state index contributed by atoms with van der Waals surface area (Å²) in [6.07, 6.45) is -0.217. The summed E-state index contributed by atoms with van der Waals surface area (Å²) in [6.45, 7) is 1.94. The first kappa shape index (κ1) is 22.2. The van der Waals surface area contributed by atoms with E-state index >= 15 is 0 Å². The van der Waals surface area contributed by atoms with Gasteiger partial charge in [0.1, 0.15) is 6.17 Å². The largest absolute Gasteiger partial charge is 0.363 e. The van der Waals surface area contributed by atoms with Gasteiger partial charge in [0.25, 0.3) is 0 Å². The Labute approximate surface area is 200 Å². The van der Waals surface area contributed by atoms with Crippen molar-refractivity contribution < 1.29 is 8.42 Å². The van der Waals surface area contributed by atoms with Crippen molar-refractivity contribution in [2.45, 2.75) is 29.9 Å². The van der Waals surface area contributed by atoms with E-state index in [4.69, 9.17) is 0 Å². The van der Waals surface area contributed by atoms with E-state index < -0.39 is 16.1 Å². The molecule has 0 bridgehead atoms. The van der Waals surface area contributed by atoms with Crippen LogP contribution in [0.3, 0.4) is 0 Å². The van der Waals surface area contributed by atoms with Gasteiger partial charge >= 0.3 is 0 Å². The van der Waals surface area contributed by atoms with Gasteiger partial charge < -0.3 is 10.6 Å². The van der Waals surface area contributed by atoms with Gasteiger partial charge in [0.15, 0.2) is 0 Å². The molecule has 5 nitrogen and oxygen atoms in total. The molecule has 3 N–H and O–H groups in total. The molecule has 0 amide bonds. The highest BCUT2D eigenvalue weighted by molar-refractivity contribution is 7.89. The first-order valence-corrected chi connectivity index (χ1v) is 12.8. The highest BCUT2D eigenvalue weighted by Crippen LogP contribution is 2.41. The highest BCUT2D eigenvalue weighted by atomic mass is 32.2. The third-order valence-corrected chi connectivity index (χ3v) is 7.68. The summed E-state index contributed by atoms with van der Waals surface area (Å²) in [5.41, 5.74) is 4.94. The maximum atomic E-state index is 13.5. The number of aryl methyl sites for hydroxylation is 1. The van der Waals surface area contributed by atoms with Gasteiger partial charge in [0.05, 0.1) is 22.3 Å². The van der Waals surface area contributed by atoms with Crippen molar-refractivity contribution in [2.75, 3.05) is 10.6 Å². The van der Waals surface area contributed by atoms with Crippen LogP contribution in [0.15, 0.2) is 114 Å². The standard InChI is InChI=1S/C28H27N3O2S/c1-20-16-18-23(19-17-20)34(32,33)31-27(22-12-6-3-7-13-22)26(21-10-4-2-5-11-21)28-29-24-14-8-9-15-25(24)30-28/h2-19,26-31H,1H3/t26-,27+/m1/s1. The monoisotopic (exact) mass is 469 g/mol. The Hall–Kier alpha value is -3.61. The lowest BCUT2D eigenvalue weighted by Crippen LogP contribution is -2.41. The van der Waals surface area contributed by atoms with E-state index in [2.05, 4.69) is 15.4 Å². The lowest BCUT2D eigenvalue weighted by molar-refractivity contribution is 0.468. The first-order chi connectivity index (χ1) is 16.5. The maximum absolute atomic E-state index is 13.5. The molecular weight excluding hydrogens is 442 g/mol. The molecule has 1 heterocycles. The Morgan fingerprint density at radius 1 is 0.676 bits per heavy atom. The van der Waals surface area contributed by atoms with E-state index in [-0.39, 0.29) is 17.0 Å². The molecule has 0 aliphatic carbocycles. The number of hydrogen-bond donors (Lipinski definition) is 3. The number of para-hydroxylation sites is 2. The number of rotatable bonds is 7. The van der Waals surface area contributed by atoms with E-state index in [1.807, 2.05) is 104 Å². The fraction of sp³-hybridized carbons (Fsp3) is 0.143. The maximum Gasteiger partial charge on any atom is 0.241 e. The van der Waals surface area contributed by atoms with Crippen LogP contribution < -0.4 is 15.4 Å². The Morgan fingerprint density at radius 2 is 1.18 bits per heavy atom. The molecular formula is C28H27N3O2S. The van der Waals surface area contributed by atoms with E-state index in [9.17, 15) is 8.42 Å². The third-order valence-electron chi connectivity index (χ3n) is 6.22. The van der Waals surface area contributed by atoms with Gasteiger partial charge in [-0.1, -0.05) is 90.5 Å². The number of benzene rings is 4. The summed E-state index contributed by atoms with van der Waals surface area (Å²) >= 11 is 0. The van der Waals surface area contributed by atoms with Crippen LogP contribution in [0, 0.1) is 6.92 Å². The molecule has 1 aliphatic heterocycles. The second-order valence-electron chi connectivity index (χ2n) is 8.57. The number of nitrogens with one attached hydrogen (secondary N) is 3. The summed E-state index contributed by atoms with van der Waals surface area (Å²) in [5.74, 6) is -0.240. The molecule has 34 heavy (non-hydrogen) atoms. The second kappa shape index (κ2) is 9.33. The van der Waals surface area contributed by atoms with Crippen molar-refractivity contribution in [1.82, 2.24) is 4.72 Å². The van der Waals surface area contributed by atoms with Crippen LogP contribution in [0.25, 0.3) is 0 Å². The zero-order valence-electron chi connectivity index (χ0n) is 18.8. The minimum absolute atomic E-state index is 0.217. The van der Waals surface area contributed by atoms with Gasteiger partial charge in [-0.25, -0.2) is 13.1 Å². The predicted octanol–water partition coefficient (Wildman–Crippen LogP) is 5.66. The molecule has 4 aromatic rings. The van der Waals surface area contributed by atoms with E-state index in [0.717, 1.165) is 28.1 Å². The van der Waals surface area contributed by atoms with E-state index in [0.29, 0.717) is 0 Å². The Balaban J connectivity index is 1.59. The van der Waals surface area contributed by atoms with Gasteiger partial charge in [-0.3, -0.25) is 0 Å². The summed E-state index contributed by atoms with van der Waals surface area (Å²) < 4.78 is 30.1. The molecule has 0 saturated carbocycles. The molecule has 172 valence electrons. The summed E-state index contributed by atoms with van der Waals surface area (Å²) in [7, 11) is -3.78. The van der Waals surface area contributed by atoms with Crippen LogP contribution in [0.4, 0.5) is 11.4 Å². The van der Waals surface area contributed by atoms with Crippen LogP contribution >= 0.6 is 0 Å². The molecule has 0 spiro atoms. The average molecular weight is 470 g/mol. The van der Waals surface area contributed by atoms with Gasteiger partial charge in [-0.2, -0.15) is 0 Å². The smallest absolute Gasteiger partial charge is 0.241 e. The molecule has 0 unspecified atom stereocenters. The minimum Gasteiger partial charge on any atom is -0.363 e. The van der Waals surface area contributed by atoms with E-state index in [1.165, 1.54) is 0 Å². The molecule has 2 atom stereocenters. The lowest BCUT2D eigenvalue weighted by Gasteiger charge is -2.33. The highest BCUT2D eigenvalue weighted by Gasteiger charge is 2.37. The third kappa shape index (κ3) is 4.55. The number of fused-ring (bicyclic) bond motifs is 1. The number of hydrogen-bond acceptors (Lipinski definition) is 4. The fourth-order valence-corrected chi connectivity index (χ4v) is 5.75. The van der Waals surface area contributed by atoms with E-state index in [1.54, 1.807) is 12.1 Å². The van der Waals surface area contributed by atoms with Crippen LogP contribution in [0.5, 0.6) is 0 Å². The van der Waals surface area contributed by atoms with Crippen molar-refractivity contribution in [3.8, 4) is 0 Å². The van der Waals surface area contributed by atoms with Crippen LogP contribution in [0.2, 0.25) is 0 Å². The Morgan fingerprint density at radius 3 is 1.74 bits per heavy atom. The topological polar surface area (TPSA) is 70.2 Å². The Kier molecular flexibility index (Phi) is 6.09. The zero-order valence-corrected chi connectivity index (χ0v) is 19.7. The summed E-state index contributed by atoms with van der Waals surface area (Å²) in [6, 6.07) is 34.3. The van der Waals surface area contributed by atoms with Gasteiger partial charge in [-0.05, 0) is 42.3 Å². The second-order valence-corrected chi connectivity index (χ2v) is 10.3. The van der Waals surface area contributed by atoms with Crippen LogP contribution in [-0.4, -0.2) is 14.6 Å². The SMILES string of the molecule is Cc1ccc(S(=O)(=O)N[C@@H](c2ccccc2)[C@@H](c2ccccc2)C2Nc3ccccc3N2)cc1. The fourth-order valence-electron chi connectivity index (χ4n) is 4.50. The minimum atomic E-state index is -3.78. The van der Waals surface area contributed by atoms with Crippen LogP contribution in [0.1, 0.15) is 28.7 Å². The average Bonchev–Trinajstić information content (AvgIpc) is 3.29. The lowest BCUT2D eigenvalue weighted by atomic mass is 9.85. The van der Waals surface area contributed by atoms with Crippen molar-refractivity contribution >= 4 is 21.4 Å². The normalized spacial score (nSPS) is 15.1. The molecule has 5 rings (SSSR count).